The maximum Gasteiger partial charge on any atom is 0.230 e. The number of halogens is 1. The lowest BCUT2D eigenvalue weighted by molar-refractivity contribution is -0.118. The van der Waals surface area contributed by atoms with Crippen LogP contribution in [0.1, 0.15) is 10.4 Å². The van der Waals surface area contributed by atoms with Gasteiger partial charge < -0.3 is 10.6 Å². The van der Waals surface area contributed by atoms with Gasteiger partial charge in [-0.05, 0) is 24.3 Å². The maximum absolute atomic E-state index is 11.9. The van der Waals surface area contributed by atoms with Gasteiger partial charge in [-0.2, -0.15) is 0 Å². The molecule has 1 aliphatic rings. The Kier molecular flexibility index (Phi) is 7.88. The molecule has 1 aliphatic heterocycles. The van der Waals surface area contributed by atoms with Crippen LogP contribution in [0.4, 0.5) is 0 Å². The zero-order valence-corrected chi connectivity index (χ0v) is 14.6. The summed E-state index contributed by atoms with van der Waals surface area (Å²) in [5.74, 6) is 0.600. The van der Waals surface area contributed by atoms with E-state index in [9.17, 15) is 9.59 Å². The number of benzene rings is 1. The number of nitrogens with zero attached hydrogens (tertiary/aromatic N) is 1. The monoisotopic (exact) mass is 355 g/mol. The Morgan fingerprint density at radius 3 is 2.57 bits per heavy atom. The van der Waals surface area contributed by atoms with Crippen LogP contribution >= 0.6 is 23.4 Å². The second kappa shape index (κ2) is 9.93. The highest BCUT2D eigenvalue weighted by Gasteiger charge is 2.10. The number of rotatable bonds is 8. The molecule has 0 unspecified atom stereocenters. The summed E-state index contributed by atoms with van der Waals surface area (Å²) in [5.41, 5.74) is 0.626. The zero-order chi connectivity index (χ0) is 16.5. The lowest BCUT2D eigenvalue weighted by Crippen LogP contribution is -2.46. The number of carbonyl (C=O) groups excluding carboxylic acids is 2. The highest BCUT2D eigenvalue weighted by atomic mass is 35.5. The normalized spacial score (nSPS) is 15.3. The van der Waals surface area contributed by atoms with Crippen molar-refractivity contribution in [3.05, 3.63) is 34.9 Å². The topological polar surface area (TPSA) is 61.4 Å². The summed E-state index contributed by atoms with van der Waals surface area (Å²) in [6.45, 7) is 5.61. The van der Waals surface area contributed by atoms with E-state index >= 15 is 0 Å². The number of ketones is 1. The van der Waals surface area contributed by atoms with E-state index in [2.05, 4.69) is 15.5 Å². The first kappa shape index (κ1) is 18.3. The van der Waals surface area contributed by atoms with E-state index < -0.39 is 0 Å². The van der Waals surface area contributed by atoms with Gasteiger partial charge in [0.05, 0.1) is 11.5 Å². The SMILES string of the molecule is O=C(CSCC(=O)c1ccc(Cl)cc1)NCCN1CCNCC1. The van der Waals surface area contributed by atoms with Crippen LogP contribution in [0.3, 0.4) is 0 Å². The Bertz CT molecular complexity index is 519. The summed E-state index contributed by atoms with van der Waals surface area (Å²) in [6.07, 6.45) is 0. The third kappa shape index (κ3) is 6.91. The Morgan fingerprint density at radius 2 is 1.87 bits per heavy atom. The van der Waals surface area contributed by atoms with E-state index in [0.717, 1.165) is 32.7 Å². The quantitative estimate of drug-likeness (QED) is 0.688. The van der Waals surface area contributed by atoms with Crippen molar-refractivity contribution >= 4 is 35.1 Å². The molecule has 2 N–H and O–H groups in total. The van der Waals surface area contributed by atoms with Gasteiger partial charge in [-0.25, -0.2) is 0 Å². The molecule has 0 spiro atoms. The lowest BCUT2D eigenvalue weighted by Gasteiger charge is -2.27. The van der Waals surface area contributed by atoms with Gasteiger partial charge >= 0.3 is 0 Å². The summed E-state index contributed by atoms with van der Waals surface area (Å²) < 4.78 is 0. The molecular formula is C16H22ClN3O2S. The molecule has 1 amide bonds. The first-order valence-corrected chi connectivity index (χ1v) is 9.25. The highest BCUT2D eigenvalue weighted by molar-refractivity contribution is 8.00. The van der Waals surface area contributed by atoms with E-state index in [1.807, 2.05) is 0 Å². The van der Waals surface area contributed by atoms with Crippen LogP contribution in [0.2, 0.25) is 5.02 Å². The number of thioether (sulfide) groups is 1. The first-order chi connectivity index (χ1) is 11.1. The minimum absolute atomic E-state index is 0.0142. The maximum atomic E-state index is 11.9. The van der Waals surface area contributed by atoms with Crippen molar-refractivity contribution in [2.45, 2.75) is 0 Å². The van der Waals surface area contributed by atoms with E-state index in [0.29, 0.717) is 28.6 Å². The van der Waals surface area contributed by atoms with Crippen molar-refractivity contribution in [2.24, 2.45) is 0 Å². The Morgan fingerprint density at radius 1 is 1.17 bits per heavy atom. The number of amides is 1. The Labute approximate surface area is 146 Å². The second-order valence-electron chi connectivity index (χ2n) is 5.36. The van der Waals surface area contributed by atoms with Crippen LogP contribution in [-0.4, -0.2) is 67.4 Å². The van der Waals surface area contributed by atoms with Crippen LogP contribution in [0.5, 0.6) is 0 Å². The fourth-order valence-electron chi connectivity index (χ4n) is 2.29. The predicted molar refractivity (Wildman–Crippen MR) is 95.4 cm³/mol. The van der Waals surface area contributed by atoms with Crippen molar-refractivity contribution in [3.63, 3.8) is 0 Å². The summed E-state index contributed by atoms with van der Waals surface area (Å²) in [7, 11) is 0. The second-order valence-corrected chi connectivity index (χ2v) is 6.79. The molecule has 1 saturated heterocycles. The van der Waals surface area contributed by atoms with Gasteiger partial charge in [0.25, 0.3) is 0 Å². The molecule has 1 aromatic rings. The van der Waals surface area contributed by atoms with Gasteiger partial charge in [0.15, 0.2) is 5.78 Å². The van der Waals surface area contributed by atoms with E-state index in [1.54, 1.807) is 24.3 Å². The third-order valence-corrected chi connectivity index (χ3v) is 4.78. The standard InChI is InChI=1S/C16H22ClN3O2S/c17-14-3-1-13(2-4-14)15(21)11-23-12-16(22)19-7-10-20-8-5-18-6-9-20/h1-4,18H,5-12H2,(H,19,22). The van der Waals surface area contributed by atoms with Crippen LogP contribution in [0, 0.1) is 0 Å². The van der Waals surface area contributed by atoms with Crippen molar-refractivity contribution in [1.82, 2.24) is 15.5 Å². The van der Waals surface area contributed by atoms with E-state index in [1.165, 1.54) is 11.8 Å². The zero-order valence-electron chi connectivity index (χ0n) is 13.0. The van der Waals surface area contributed by atoms with Gasteiger partial charge in [-0.15, -0.1) is 11.8 Å². The average molecular weight is 356 g/mol. The van der Waals surface area contributed by atoms with Gasteiger partial charge in [0, 0.05) is 49.9 Å². The van der Waals surface area contributed by atoms with Crippen molar-refractivity contribution in [1.29, 1.82) is 0 Å². The van der Waals surface area contributed by atoms with Crippen LogP contribution in [-0.2, 0) is 4.79 Å². The molecule has 0 aromatic heterocycles. The molecule has 2 rings (SSSR count). The molecule has 126 valence electrons. The van der Waals surface area contributed by atoms with E-state index in [-0.39, 0.29) is 11.7 Å². The van der Waals surface area contributed by atoms with Crippen molar-refractivity contribution in [3.8, 4) is 0 Å². The van der Waals surface area contributed by atoms with Crippen LogP contribution in [0.25, 0.3) is 0 Å². The smallest absolute Gasteiger partial charge is 0.230 e. The van der Waals surface area contributed by atoms with Crippen LogP contribution in [0.15, 0.2) is 24.3 Å². The van der Waals surface area contributed by atoms with E-state index in [4.69, 9.17) is 11.6 Å². The molecular weight excluding hydrogens is 334 g/mol. The molecule has 0 saturated carbocycles. The summed E-state index contributed by atoms with van der Waals surface area (Å²) in [5, 5.41) is 6.81. The number of piperazine rings is 1. The molecule has 1 aromatic carbocycles. The molecule has 0 bridgehead atoms. The minimum atomic E-state index is -0.0194. The largest absolute Gasteiger partial charge is 0.354 e. The Hall–Kier alpha value is -1.08. The Balaban J connectivity index is 1.57. The molecule has 7 heteroatoms. The van der Waals surface area contributed by atoms with Crippen molar-refractivity contribution < 1.29 is 9.59 Å². The molecule has 1 heterocycles. The number of hydrogen-bond acceptors (Lipinski definition) is 5. The highest BCUT2D eigenvalue weighted by Crippen LogP contribution is 2.12. The molecule has 0 radical (unpaired) electrons. The molecule has 0 aliphatic carbocycles. The molecule has 5 nitrogen and oxygen atoms in total. The number of nitrogens with one attached hydrogen (secondary N) is 2. The number of hydrogen-bond donors (Lipinski definition) is 2. The molecule has 1 fully saturated rings. The van der Waals surface area contributed by atoms with Gasteiger partial charge in [0.2, 0.25) is 5.91 Å². The summed E-state index contributed by atoms with van der Waals surface area (Å²) >= 11 is 7.13. The fraction of sp³-hybridized carbons (Fsp3) is 0.500. The summed E-state index contributed by atoms with van der Waals surface area (Å²) in [4.78, 5) is 26.0. The lowest BCUT2D eigenvalue weighted by atomic mass is 10.1. The van der Waals surface area contributed by atoms with Gasteiger partial charge in [-0.3, -0.25) is 14.5 Å². The molecule has 23 heavy (non-hydrogen) atoms. The third-order valence-electron chi connectivity index (χ3n) is 3.59. The minimum Gasteiger partial charge on any atom is -0.354 e. The first-order valence-electron chi connectivity index (χ1n) is 7.71. The van der Waals surface area contributed by atoms with Crippen molar-refractivity contribution in [2.75, 3.05) is 50.8 Å². The fourth-order valence-corrected chi connectivity index (χ4v) is 3.16. The van der Waals surface area contributed by atoms with Gasteiger partial charge in [0.1, 0.15) is 0 Å². The van der Waals surface area contributed by atoms with Crippen LogP contribution < -0.4 is 10.6 Å². The number of carbonyl (C=O) groups is 2. The summed E-state index contributed by atoms with van der Waals surface area (Å²) in [6, 6.07) is 6.81. The van der Waals surface area contributed by atoms with Gasteiger partial charge in [-0.1, -0.05) is 11.6 Å². The average Bonchev–Trinajstić information content (AvgIpc) is 2.56. The molecule has 0 atom stereocenters. The predicted octanol–water partition coefficient (Wildman–Crippen LogP) is 1.28. The number of Topliss-reactive ketones (excluding diaryl/α,β-unsaturated/α-hetero) is 1.